The third-order valence-electron chi connectivity index (χ3n) is 2.15. The molecule has 0 aliphatic heterocycles. The maximum Gasteiger partial charge on any atom is 0.269 e. The lowest BCUT2D eigenvalue weighted by atomic mass is 10.1. The van der Waals surface area contributed by atoms with Crippen molar-refractivity contribution in [1.82, 2.24) is 5.32 Å². The molecule has 0 aliphatic rings. The number of carbonyl (C=O) groups excluding carboxylic acids is 1. The second-order valence-corrected chi connectivity index (χ2v) is 5.14. The smallest absolute Gasteiger partial charge is 0.269 e. The molecular formula is C11H14BrN3O2S. The van der Waals surface area contributed by atoms with Crippen LogP contribution in [0.3, 0.4) is 0 Å². The van der Waals surface area contributed by atoms with Gasteiger partial charge in [-0.2, -0.15) is 0 Å². The molecule has 0 heterocycles. The summed E-state index contributed by atoms with van der Waals surface area (Å²) < 4.78 is 0.914. The Hall–Kier alpha value is -1.05. The summed E-state index contributed by atoms with van der Waals surface area (Å²) in [5.41, 5.74) is 0.968. The van der Waals surface area contributed by atoms with Gasteiger partial charge in [-0.25, -0.2) is 0 Å². The Bertz CT molecular complexity index is 440. The minimum Gasteiger partial charge on any atom is -0.410 e. The molecule has 98 valence electrons. The first-order chi connectivity index (χ1) is 8.67. The van der Waals surface area contributed by atoms with E-state index >= 15 is 0 Å². The Morgan fingerprint density at radius 3 is 2.94 bits per heavy atom. The largest absolute Gasteiger partial charge is 0.410 e. The van der Waals surface area contributed by atoms with Crippen molar-refractivity contribution in [2.45, 2.75) is 6.42 Å². The average molecular weight is 332 g/mol. The summed E-state index contributed by atoms with van der Waals surface area (Å²) in [4.78, 5) is 11.7. The third-order valence-corrected chi connectivity index (χ3v) is 3.08. The zero-order chi connectivity index (χ0) is 13.4. The fourth-order valence-corrected chi connectivity index (χ4v) is 1.99. The van der Waals surface area contributed by atoms with Crippen LogP contribution < -0.4 is 10.5 Å². The molecule has 0 bridgehead atoms. The molecule has 18 heavy (non-hydrogen) atoms. The zero-order valence-corrected chi connectivity index (χ0v) is 12.0. The van der Waals surface area contributed by atoms with Crippen molar-refractivity contribution >= 4 is 39.5 Å². The van der Waals surface area contributed by atoms with Crippen LogP contribution in [0.2, 0.25) is 0 Å². The summed E-state index contributed by atoms with van der Waals surface area (Å²) in [5.74, 6) is 0.230. The Balaban J connectivity index is 2.59. The molecule has 0 fully saturated rings. The number of nitrogens with zero attached hydrogens (tertiary/aromatic N) is 1. The highest BCUT2D eigenvalue weighted by molar-refractivity contribution is 9.10. The summed E-state index contributed by atoms with van der Waals surface area (Å²) in [5, 5.41) is 19.8. The predicted molar refractivity (Wildman–Crippen MR) is 76.7 cm³/mol. The van der Waals surface area contributed by atoms with Crippen LogP contribution in [0, 0.1) is 0 Å². The highest BCUT2D eigenvalue weighted by Gasteiger charge is 2.12. The molecule has 4 N–H and O–H groups in total. The van der Waals surface area contributed by atoms with Gasteiger partial charge in [0, 0.05) is 23.2 Å². The molecular weight excluding hydrogens is 318 g/mol. The quantitative estimate of drug-likeness (QED) is 0.242. The monoisotopic (exact) mass is 331 g/mol. The van der Waals surface area contributed by atoms with E-state index in [1.807, 2.05) is 24.3 Å². The lowest BCUT2D eigenvalue weighted by molar-refractivity contribution is -0.114. The fourth-order valence-electron chi connectivity index (χ4n) is 1.33. The van der Waals surface area contributed by atoms with Gasteiger partial charge in [-0.15, -0.1) is 0 Å². The van der Waals surface area contributed by atoms with Crippen LogP contribution in [0.1, 0.15) is 5.56 Å². The number of carbonyl (C=O) groups is 1. The van der Waals surface area contributed by atoms with Crippen molar-refractivity contribution < 1.29 is 10.0 Å². The summed E-state index contributed by atoms with van der Waals surface area (Å²) in [6.45, 7) is 0.442. The molecule has 0 spiro atoms. The van der Waals surface area contributed by atoms with Crippen molar-refractivity contribution in [3.63, 3.8) is 0 Å². The molecule has 1 aromatic carbocycles. The Kier molecular flexibility index (Phi) is 6.77. The standard InChI is InChI=1S/C11H14BrN3O2S/c12-9-3-1-2-8(6-9)7-10(15-17)11(16)14-4-5-18-13/h1-3,6,17H,4-5,7,13H2,(H,14,16)/b15-10+. The number of rotatable bonds is 6. The van der Waals surface area contributed by atoms with Gasteiger partial charge in [-0.05, 0) is 17.7 Å². The summed E-state index contributed by atoms with van der Waals surface area (Å²) in [6, 6.07) is 7.47. The Morgan fingerprint density at radius 2 is 2.33 bits per heavy atom. The van der Waals surface area contributed by atoms with E-state index in [0.717, 1.165) is 22.0 Å². The van der Waals surface area contributed by atoms with Crippen LogP contribution in [-0.4, -0.2) is 29.1 Å². The molecule has 0 saturated heterocycles. The normalized spacial score (nSPS) is 11.3. The maximum atomic E-state index is 11.7. The van der Waals surface area contributed by atoms with E-state index in [1.54, 1.807) is 0 Å². The first kappa shape index (κ1) is 15.0. The van der Waals surface area contributed by atoms with Gasteiger partial charge in [0.15, 0.2) is 0 Å². The molecule has 0 saturated carbocycles. The zero-order valence-electron chi connectivity index (χ0n) is 9.60. The summed E-state index contributed by atoms with van der Waals surface area (Å²) >= 11 is 4.49. The first-order valence-corrected chi connectivity index (χ1v) is 7.06. The molecule has 1 rings (SSSR count). The van der Waals surface area contributed by atoms with Gasteiger partial charge in [0.05, 0.1) is 0 Å². The maximum absolute atomic E-state index is 11.7. The van der Waals surface area contributed by atoms with Crippen molar-refractivity contribution in [2.75, 3.05) is 12.3 Å². The van der Waals surface area contributed by atoms with Crippen LogP contribution in [0.25, 0.3) is 0 Å². The number of oxime groups is 1. The molecule has 0 unspecified atom stereocenters. The predicted octanol–water partition coefficient (Wildman–Crippen LogP) is 1.54. The number of benzene rings is 1. The van der Waals surface area contributed by atoms with E-state index in [-0.39, 0.29) is 18.0 Å². The SMILES string of the molecule is NSCCNC(=O)/C(Cc1cccc(Br)c1)=N/O. The van der Waals surface area contributed by atoms with E-state index in [1.165, 1.54) is 0 Å². The number of halogens is 1. The van der Waals surface area contributed by atoms with E-state index in [4.69, 9.17) is 10.3 Å². The van der Waals surface area contributed by atoms with Crippen molar-refractivity contribution in [3.8, 4) is 0 Å². The van der Waals surface area contributed by atoms with Gasteiger partial charge in [0.2, 0.25) is 0 Å². The van der Waals surface area contributed by atoms with Crippen molar-refractivity contribution in [2.24, 2.45) is 10.3 Å². The van der Waals surface area contributed by atoms with E-state index in [2.05, 4.69) is 26.4 Å². The molecule has 0 atom stereocenters. The van der Waals surface area contributed by atoms with Gasteiger partial charge >= 0.3 is 0 Å². The number of hydrogen-bond donors (Lipinski definition) is 3. The molecule has 0 radical (unpaired) electrons. The average Bonchev–Trinajstić information content (AvgIpc) is 2.36. The van der Waals surface area contributed by atoms with Gasteiger partial charge < -0.3 is 10.5 Å². The van der Waals surface area contributed by atoms with Crippen molar-refractivity contribution in [1.29, 1.82) is 0 Å². The van der Waals surface area contributed by atoms with Crippen LogP contribution in [-0.2, 0) is 11.2 Å². The molecule has 0 aromatic heterocycles. The number of hydrogen-bond acceptors (Lipinski definition) is 5. The Labute approximate surface area is 118 Å². The van der Waals surface area contributed by atoms with E-state index in [0.29, 0.717) is 12.3 Å². The van der Waals surface area contributed by atoms with Crippen LogP contribution in [0.4, 0.5) is 0 Å². The third kappa shape index (κ3) is 5.07. The van der Waals surface area contributed by atoms with E-state index in [9.17, 15) is 4.79 Å². The molecule has 1 aromatic rings. The minimum absolute atomic E-state index is 0.0788. The second-order valence-electron chi connectivity index (χ2n) is 3.48. The lowest BCUT2D eigenvalue weighted by Crippen LogP contribution is -2.34. The molecule has 1 amide bonds. The van der Waals surface area contributed by atoms with Crippen LogP contribution >= 0.6 is 27.9 Å². The van der Waals surface area contributed by atoms with Gasteiger partial charge in [-0.1, -0.05) is 45.2 Å². The van der Waals surface area contributed by atoms with E-state index < -0.39 is 0 Å². The lowest BCUT2D eigenvalue weighted by Gasteiger charge is -2.06. The highest BCUT2D eigenvalue weighted by Crippen LogP contribution is 2.12. The minimum atomic E-state index is -0.383. The van der Waals surface area contributed by atoms with Gasteiger partial charge in [-0.3, -0.25) is 9.93 Å². The fraction of sp³-hybridized carbons (Fsp3) is 0.273. The molecule has 7 heteroatoms. The van der Waals surface area contributed by atoms with Crippen molar-refractivity contribution in [3.05, 3.63) is 34.3 Å². The number of nitrogens with two attached hydrogens (primary N) is 1. The summed E-state index contributed by atoms with van der Waals surface area (Å²) in [6.07, 6.45) is 0.275. The highest BCUT2D eigenvalue weighted by atomic mass is 79.9. The van der Waals surface area contributed by atoms with Crippen LogP contribution in [0.15, 0.2) is 33.9 Å². The number of nitrogens with one attached hydrogen (secondary N) is 1. The Morgan fingerprint density at radius 1 is 1.56 bits per heavy atom. The summed E-state index contributed by atoms with van der Waals surface area (Å²) in [7, 11) is 0. The topological polar surface area (TPSA) is 87.7 Å². The first-order valence-electron chi connectivity index (χ1n) is 5.22. The van der Waals surface area contributed by atoms with Crippen LogP contribution in [0.5, 0.6) is 0 Å². The number of amides is 1. The van der Waals surface area contributed by atoms with Gasteiger partial charge in [0.1, 0.15) is 5.71 Å². The van der Waals surface area contributed by atoms with Gasteiger partial charge in [0.25, 0.3) is 5.91 Å². The molecule has 5 nitrogen and oxygen atoms in total. The molecule has 0 aliphatic carbocycles. The second kappa shape index (κ2) is 8.12.